The van der Waals surface area contributed by atoms with Crippen molar-refractivity contribution in [2.75, 3.05) is 20.3 Å². The number of nitrogens with zero attached hydrogens (tertiary/aromatic N) is 3. The Bertz CT molecular complexity index is 665. The predicted octanol–water partition coefficient (Wildman–Crippen LogP) is 2.35. The van der Waals surface area contributed by atoms with Gasteiger partial charge in [-0.2, -0.15) is 0 Å². The van der Waals surface area contributed by atoms with Gasteiger partial charge >= 0.3 is 0 Å². The number of hydrogen-bond acceptors (Lipinski definition) is 4. The first kappa shape index (κ1) is 17.5. The molecular weight excluding hydrogens is 290 g/mol. The molecule has 0 bridgehead atoms. The molecule has 0 aliphatic rings. The van der Waals surface area contributed by atoms with E-state index in [1.54, 1.807) is 13.4 Å². The second kappa shape index (κ2) is 7.62. The summed E-state index contributed by atoms with van der Waals surface area (Å²) in [5.41, 5.74) is 6.10. The summed E-state index contributed by atoms with van der Waals surface area (Å²) in [5.74, 6) is 0.934. The summed E-state index contributed by atoms with van der Waals surface area (Å²) >= 11 is 0. The van der Waals surface area contributed by atoms with E-state index in [1.165, 1.54) is 22.3 Å². The van der Waals surface area contributed by atoms with Crippen molar-refractivity contribution < 1.29 is 9.84 Å². The lowest BCUT2D eigenvalue weighted by Crippen LogP contribution is -2.27. The van der Waals surface area contributed by atoms with E-state index < -0.39 is 0 Å². The van der Waals surface area contributed by atoms with Crippen LogP contribution in [0.4, 0.5) is 0 Å². The Labute approximate surface area is 138 Å². The lowest BCUT2D eigenvalue weighted by molar-refractivity contribution is 0.181. The first-order valence-electron chi connectivity index (χ1n) is 7.90. The van der Waals surface area contributed by atoms with Crippen LogP contribution in [0, 0.1) is 20.8 Å². The quantitative estimate of drug-likeness (QED) is 0.852. The molecular formula is C18H27N3O2. The van der Waals surface area contributed by atoms with E-state index in [9.17, 15) is 5.11 Å². The second-order valence-corrected chi connectivity index (χ2v) is 6.05. The summed E-state index contributed by atoms with van der Waals surface area (Å²) in [5, 5.41) is 9.40. The number of aryl methyl sites for hydroxylation is 2. The van der Waals surface area contributed by atoms with E-state index in [2.05, 4.69) is 36.7 Å². The van der Waals surface area contributed by atoms with Crippen LogP contribution in [0.15, 0.2) is 18.6 Å². The highest BCUT2D eigenvalue weighted by Crippen LogP contribution is 2.28. The molecule has 0 saturated heterocycles. The van der Waals surface area contributed by atoms with Crippen molar-refractivity contribution in [1.82, 2.24) is 14.5 Å². The average molecular weight is 317 g/mol. The number of rotatable bonds is 7. The topological polar surface area (TPSA) is 50.5 Å². The molecule has 1 N–H and O–H groups in total. The van der Waals surface area contributed by atoms with Gasteiger partial charge in [-0.25, -0.2) is 4.98 Å². The van der Waals surface area contributed by atoms with Crippen molar-refractivity contribution in [3.63, 3.8) is 0 Å². The average Bonchev–Trinajstić information content (AvgIpc) is 2.92. The summed E-state index contributed by atoms with van der Waals surface area (Å²) in [6.07, 6.45) is 3.68. The highest BCUT2D eigenvalue weighted by molar-refractivity contribution is 5.48. The van der Waals surface area contributed by atoms with Crippen molar-refractivity contribution in [3.05, 3.63) is 46.5 Å². The highest BCUT2D eigenvalue weighted by Gasteiger charge is 2.15. The molecule has 2 aromatic rings. The Morgan fingerprint density at radius 3 is 2.52 bits per heavy atom. The minimum atomic E-state index is 0.144. The molecule has 0 aliphatic heterocycles. The summed E-state index contributed by atoms with van der Waals surface area (Å²) in [4.78, 5) is 6.42. The van der Waals surface area contributed by atoms with E-state index in [0.29, 0.717) is 6.54 Å². The zero-order valence-electron chi connectivity index (χ0n) is 14.8. The molecule has 0 saturated carbocycles. The van der Waals surface area contributed by atoms with Crippen LogP contribution in [-0.4, -0.2) is 39.8 Å². The summed E-state index contributed by atoms with van der Waals surface area (Å²) < 4.78 is 7.47. The third kappa shape index (κ3) is 3.92. The fraction of sp³-hybridized carbons (Fsp3) is 0.500. The maximum atomic E-state index is 9.40. The van der Waals surface area contributed by atoms with Crippen LogP contribution < -0.4 is 4.74 Å². The molecule has 0 fully saturated rings. The molecule has 0 unspecified atom stereocenters. The molecule has 0 radical (unpaired) electrons. The number of ether oxygens (including phenoxy) is 1. The fourth-order valence-corrected chi connectivity index (χ4v) is 2.90. The lowest BCUT2D eigenvalue weighted by Gasteiger charge is -2.25. The molecule has 1 aromatic carbocycles. The van der Waals surface area contributed by atoms with Gasteiger partial charge in [0.25, 0.3) is 0 Å². The van der Waals surface area contributed by atoms with Gasteiger partial charge in [-0.3, -0.25) is 4.90 Å². The molecule has 1 heterocycles. The normalized spacial score (nSPS) is 11.3. The summed E-state index contributed by atoms with van der Waals surface area (Å²) in [6, 6.07) is 2.10. The van der Waals surface area contributed by atoms with Crippen LogP contribution in [0.5, 0.6) is 5.75 Å². The van der Waals surface area contributed by atoms with Crippen LogP contribution in [0.2, 0.25) is 0 Å². The standard InChI is InChI=1S/C18H27N3O2/c1-13-8-18(23-5)15(3)14(2)17(13)11-21(6-7-22)10-16-9-19-12-20(16)4/h8-9,12,22H,6-7,10-11H2,1-5H3. The SMILES string of the molecule is COc1cc(C)c(CN(CCO)Cc2cncn2C)c(C)c1C. The van der Waals surface area contributed by atoms with Crippen molar-refractivity contribution in [2.45, 2.75) is 33.9 Å². The number of imidazole rings is 1. The number of aliphatic hydroxyl groups excluding tert-OH is 1. The molecule has 0 aliphatic carbocycles. The van der Waals surface area contributed by atoms with Crippen LogP contribution in [-0.2, 0) is 20.1 Å². The van der Waals surface area contributed by atoms with Gasteiger partial charge in [0, 0.05) is 32.9 Å². The number of hydrogen-bond donors (Lipinski definition) is 1. The molecule has 1 aromatic heterocycles. The number of benzene rings is 1. The second-order valence-electron chi connectivity index (χ2n) is 6.05. The Morgan fingerprint density at radius 2 is 1.96 bits per heavy atom. The molecule has 126 valence electrons. The maximum absolute atomic E-state index is 9.40. The van der Waals surface area contributed by atoms with Gasteiger partial charge in [-0.15, -0.1) is 0 Å². The maximum Gasteiger partial charge on any atom is 0.122 e. The van der Waals surface area contributed by atoms with Gasteiger partial charge < -0.3 is 14.4 Å². The number of methoxy groups -OCH3 is 1. The van der Waals surface area contributed by atoms with Gasteiger partial charge in [-0.05, 0) is 49.1 Å². The van der Waals surface area contributed by atoms with Crippen LogP contribution in [0.1, 0.15) is 27.9 Å². The van der Waals surface area contributed by atoms with Crippen molar-refractivity contribution in [2.24, 2.45) is 7.05 Å². The zero-order chi connectivity index (χ0) is 17.0. The van der Waals surface area contributed by atoms with Gasteiger partial charge in [-0.1, -0.05) is 0 Å². The minimum absolute atomic E-state index is 0.144. The molecule has 0 spiro atoms. The minimum Gasteiger partial charge on any atom is -0.496 e. The molecule has 5 nitrogen and oxygen atoms in total. The third-order valence-corrected chi connectivity index (χ3v) is 4.53. The van der Waals surface area contributed by atoms with Crippen molar-refractivity contribution in [3.8, 4) is 5.75 Å². The molecule has 0 amide bonds. The van der Waals surface area contributed by atoms with Crippen LogP contribution in [0.25, 0.3) is 0 Å². The van der Waals surface area contributed by atoms with Crippen molar-refractivity contribution in [1.29, 1.82) is 0 Å². The van der Waals surface area contributed by atoms with E-state index >= 15 is 0 Å². The van der Waals surface area contributed by atoms with Gasteiger partial charge in [0.15, 0.2) is 0 Å². The molecule has 0 atom stereocenters. The zero-order valence-corrected chi connectivity index (χ0v) is 14.8. The van der Waals surface area contributed by atoms with Crippen LogP contribution in [0.3, 0.4) is 0 Å². The monoisotopic (exact) mass is 317 g/mol. The van der Waals surface area contributed by atoms with Gasteiger partial charge in [0.05, 0.1) is 25.7 Å². The van der Waals surface area contributed by atoms with E-state index in [4.69, 9.17) is 4.74 Å². The summed E-state index contributed by atoms with van der Waals surface area (Å²) in [7, 11) is 3.70. The third-order valence-electron chi connectivity index (χ3n) is 4.53. The Hall–Kier alpha value is -1.85. The van der Waals surface area contributed by atoms with E-state index in [1.807, 2.05) is 17.8 Å². The predicted molar refractivity (Wildman–Crippen MR) is 91.6 cm³/mol. The smallest absolute Gasteiger partial charge is 0.122 e. The Kier molecular flexibility index (Phi) is 5.80. The first-order valence-corrected chi connectivity index (χ1v) is 7.90. The molecule has 2 rings (SSSR count). The number of aliphatic hydroxyl groups is 1. The first-order chi connectivity index (χ1) is 11.0. The van der Waals surface area contributed by atoms with E-state index in [0.717, 1.165) is 24.5 Å². The van der Waals surface area contributed by atoms with Gasteiger partial charge in [0.2, 0.25) is 0 Å². The largest absolute Gasteiger partial charge is 0.496 e. The highest BCUT2D eigenvalue weighted by atomic mass is 16.5. The van der Waals surface area contributed by atoms with Gasteiger partial charge in [0.1, 0.15) is 5.75 Å². The van der Waals surface area contributed by atoms with E-state index in [-0.39, 0.29) is 6.61 Å². The Balaban J connectivity index is 2.26. The fourth-order valence-electron chi connectivity index (χ4n) is 2.90. The van der Waals surface area contributed by atoms with Crippen molar-refractivity contribution >= 4 is 0 Å². The molecule has 23 heavy (non-hydrogen) atoms. The summed E-state index contributed by atoms with van der Waals surface area (Å²) in [6.45, 7) is 8.69. The molecule has 5 heteroatoms. The lowest BCUT2D eigenvalue weighted by atomic mass is 9.97. The Morgan fingerprint density at radius 1 is 1.22 bits per heavy atom. The number of aromatic nitrogens is 2. The van der Waals surface area contributed by atoms with Crippen LogP contribution >= 0.6 is 0 Å².